The molecule has 0 amide bonds. The highest BCUT2D eigenvalue weighted by Crippen LogP contribution is 2.28. The predicted molar refractivity (Wildman–Crippen MR) is 80.6 cm³/mol. The van der Waals surface area contributed by atoms with Gasteiger partial charge >= 0.3 is 0 Å². The lowest BCUT2D eigenvalue weighted by Gasteiger charge is -2.18. The van der Waals surface area contributed by atoms with E-state index in [1.807, 2.05) is 39.8 Å². The molecule has 2 aromatic carbocycles. The molecule has 102 valence electrons. The minimum atomic E-state index is -0.0559. The van der Waals surface area contributed by atoms with Crippen LogP contribution in [0.5, 0.6) is 0 Å². The van der Waals surface area contributed by atoms with Gasteiger partial charge in [-0.05, 0) is 26.0 Å². The quantitative estimate of drug-likeness (QED) is 0.613. The fourth-order valence-electron chi connectivity index (χ4n) is 2.38. The van der Waals surface area contributed by atoms with E-state index in [9.17, 15) is 9.59 Å². The molecule has 0 atom stereocenters. The molecule has 20 heavy (non-hydrogen) atoms. The molecule has 0 aromatic heterocycles. The van der Waals surface area contributed by atoms with Crippen LogP contribution in [0.25, 0.3) is 0 Å². The molecule has 0 unspecified atom stereocenters. The number of hydrogen-bond donors (Lipinski definition) is 0. The summed E-state index contributed by atoms with van der Waals surface area (Å²) in [6, 6.07) is 10.8. The van der Waals surface area contributed by atoms with Crippen molar-refractivity contribution in [3.05, 3.63) is 69.8 Å². The summed E-state index contributed by atoms with van der Waals surface area (Å²) >= 11 is 0. The third kappa shape index (κ3) is 2.18. The van der Waals surface area contributed by atoms with E-state index in [1.165, 1.54) is 0 Å². The summed E-state index contributed by atoms with van der Waals surface area (Å²) in [5, 5.41) is 0. The molecule has 2 heteroatoms. The van der Waals surface area contributed by atoms with Crippen molar-refractivity contribution in [2.45, 2.75) is 27.7 Å². The zero-order valence-corrected chi connectivity index (χ0v) is 12.3. The van der Waals surface area contributed by atoms with Crippen LogP contribution in [0.3, 0.4) is 0 Å². The maximum atomic E-state index is 12.4. The number of aryl methyl sites for hydroxylation is 2. The highest BCUT2D eigenvalue weighted by atomic mass is 16.1. The Labute approximate surface area is 119 Å². The Hall–Kier alpha value is -2.22. The van der Waals surface area contributed by atoms with E-state index in [2.05, 4.69) is 0 Å². The van der Waals surface area contributed by atoms with E-state index in [-0.39, 0.29) is 11.6 Å². The summed E-state index contributed by atoms with van der Waals surface area (Å²) in [5.41, 5.74) is 4.07. The molecule has 0 fully saturated rings. The predicted octanol–water partition coefficient (Wildman–Crippen LogP) is 4.11. The summed E-state index contributed by atoms with van der Waals surface area (Å²) in [4.78, 5) is 24.7. The Morgan fingerprint density at radius 2 is 0.950 bits per heavy atom. The van der Waals surface area contributed by atoms with Crippen LogP contribution in [0.1, 0.15) is 56.8 Å². The third-order valence-electron chi connectivity index (χ3n) is 3.33. The number of fused-ring (bicyclic) bond motifs is 2. The van der Waals surface area contributed by atoms with Gasteiger partial charge in [-0.15, -0.1) is 0 Å². The van der Waals surface area contributed by atoms with Crippen LogP contribution in [-0.2, 0) is 0 Å². The molecular weight excluding hydrogens is 248 g/mol. The number of ketones is 2. The van der Waals surface area contributed by atoms with Crippen molar-refractivity contribution in [3.8, 4) is 0 Å². The van der Waals surface area contributed by atoms with E-state index in [0.29, 0.717) is 22.3 Å². The van der Waals surface area contributed by atoms with E-state index in [1.54, 1.807) is 24.3 Å². The van der Waals surface area contributed by atoms with Gasteiger partial charge in [-0.2, -0.15) is 0 Å². The third-order valence-corrected chi connectivity index (χ3v) is 3.33. The van der Waals surface area contributed by atoms with E-state index >= 15 is 0 Å². The minimum absolute atomic E-state index is 0.0491. The monoisotopic (exact) mass is 266 g/mol. The summed E-state index contributed by atoms with van der Waals surface area (Å²) < 4.78 is 0. The molecular formula is C18H18O2. The number of carbonyl (C=O) groups excluding carboxylic acids is 2. The first-order valence-corrected chi connectivity index (χ1v) is 6.88. The van der Waals surface area contributed by atoms with Crippen molar-refractivity contribution in [2.24, 2.45) is 0 Å². The molecule has 1 aliphatic rings. The van der Waals surface area contributed by atoms with Gasteiger partial charge in [-0.25, -0.2) is 0 Å². The molecule has 0 saturated heterocycles. The van der Waals surface area contributed by atoms with Crippen molar-refractivity contribution < 1.29 is 9.59 Å². The Balaban J connectivity index is 0.000000704. The van der Waals surface area contributed by atoms with Crippen LogP contribution in [0.15, 0.2) is 36.4 Å². The Morgan fingerprint density at radius 1 is 0.600 bits per heavy atom. The zero-order valence-electron chi connectivity index (χ0n) is 12.3. The average Bonchev–Trinajstić information content (AvgIpc) is 2.46. The molecule has 2 nitrogen and oxygen atoms in total. The smallest absolute Gasteiger partial charge is 0.194 e. The Morgan fingerprint density at radius 3 is 1.35 bits per heavy atom. The van der Waals surface area contributed by atoms with Crippen LogP contribution < -0.4 is 0 Å². The first-order valence-electron chi connectivity index (χ1n) is 6.88. The van der Waals surface area contributed by atoms with Crippen molar-refractivity contribution in [3.63, 3.8) is 0 Å². The van der Waals surface area contributed by atoms with Crippen molar-refractivity contribution in [1.29, 1.82) is 0 Å². The van der Waals surface area contributed by atoms with Gasteiger partial charge in [0.15, 0.2) is 11.6 Å². The molecule has 0 heterocycles. The lowest BCUT2D eigenvalue weighted by Crippen LogP contribution is -2.21. The van der Waals surface area contributed by atoms with Gasteiger partial charge in [0.1, 0.15) is 0 Å². The lowest BCUT2D eigenvalue weighted by atomic mass is 9.83. The maximum absolute atomic E-state index is 12.4. The highest BCUT2D eigenvalue weighted by Gasteiger charge is 2.29. The van der Waals surface area contributed by atoms with Gasteiger partial charge in [0.05, 0.1) is 0 Å². The van der Waals surface area contributed by atoms with Crippen molar-refractivity contribution in [1.82, 2.24) is 0 Å². The SMILES string of the molecule is CC.Cc1ccc2c(c1)C(=O)c1cc(C)ccc1C2=O. The second-order valence-electron chi connectivity index (χ2n) is 4.76. The molecule has 0 radical (unpaired) electrons. The summed E-state index contributed by atoms with van der Waals surface area (Å²) in [5.74, 6) is -0.105. The standard InChI is InChI=1S/C16H12O2.C2H6/c1-9-3-5-11-13(7-9)16(18)14-8-10(2)4-6-12(14)15(11)17;1-2/h3-8H,1-2H3;1-2H3. The highest BCUT2D eigenvalue weighted by molar-refractivity contribution is 6.28. The van der Waals surface area contributed by atoms with Gasteiger partial charge in [0.25, 0.3) is 0 Å². The van der Waals surface area contributed by atoms with Crippen molar-refractivity contribution >= 4 is 11.6 Å². The molecule has 1 aliphatic carbocycles. The van der Waals surface area contributed by atoms with Gasteiger partial charge in [0.2, 0.25) is 0 Å². The lowest BCUT2D eigenvalue weighted by molar-refractivity contribution is 0.0979. The normalized spacial score (nSPS) is 12.2. The second-order valence-corrected chi connectivity index (χ2v) is 4.76. The van der Waals surface area contributed by atoms with Crippen molar-refractivity contribution in [2.75, 3.05) is 0 Å². The molecule has 0 saturated carbocycles. The molecule has 0 bridgehead atoms. The fraction of sp³-hybridized carbons (Fsp3) is 0.222. The van der Waals surface area contributed by atoms with Gasteiger partial charge in [0, 0.05) is 22.3 Å². The first-order chi connectivity index (χ1) is 9.58. The van der Waals surface area contributed by atoms with Crippen LogP contribution >= 0.6 is 0 Å². The molecule has 3 rings (SSSR count). The topological polar surface area (TPSA) is 34.1 Å². The summed E-state index contributed by atoms with van der Waals surface area (Å²) in [7, 11) is 0. The van der Waals surface area contributed by atoms with E-state index in [0.717, 1.165) is 11.1 Å². The number of hydrogen-bond acceptors (Lipinski definition) is 2. The largest absolute Gasteiger partial charge is 0.289 e. The average molecular weight is 266 g/mol. The van der Waals surface area contributed by atoms with E-state index in [4.69, 9.17) is 0 Å². The molecule has 0 aliphatic heterocycles. The van der Waals surface area contributed by atoms with Gasteiger partial charge < -0.3 is 0 Å². The van der Waals surface area contributed by atoms with Gasteiger partial charge in [-0.1, -0.05) is 49.2 Å². The minimum Gasteiger partial charge on any atom is -0.289 e. The first kappa shape index (κ1) is 14.2. The number of benzene rings is 2. The zero-order chi connectivity index (χ0) is 14.9. The molecule has 0 spiro atoms. The summed E-state index contributed by atoms with van der Waals surface area (Å²) in [6.07, 6.45) is 0. The molecule has 0 N–H and O–H groups in total. The second kappa shape index (κ2) is 5.41. The fourth-order valence-corrected chi connectivity index (χ4v) is 2.38. The Kier molecular flexibility index (Phi) is 3.84. The van der Waals surface area contributed by atoms with Crippen LogP contribution in [0, 0.1) is 13.8 Å². The van der Waals surface area contributed by atoms with Crippen LogP contribution in [-0.4, -0.2) is 11.6 Å². The van der Waals surface area contributed by atoms with Crippen LogP contribution in [0.4, 0.5) is 0 Å². The summed E-state index contributed by atoms with van der Waals surface area (Å²) in [6.45, 7) is 7.84. The Bertz CT molecular complexity index is 639. The molecule has 2 aromatic rings. The maximum Gasteiger partial charge on any atom is 0.194 e. The number of rotatable bonds is 0. The number of carbonyl (C=O) groups is 2. The van der Waals surface area contributed by atoms with Gasteiger partial charge in [-0.3, -0.25) is 9.59 Å². The van der Waals surface area contributed by atoms with E-state index < -0.39 is 0 Å². The van der Waals surface area contributed by atoms with Crippen LogP contribution in [0.2, 0.25) is 0 Å².